The zero-order chi connectivity index (χ0) is 19.8. The van der Waals surface area contributed by atoms with Gasteiger partial charge in [-0.1, -0.05) is 24.3 Å². The summed E-state index contributed by atoms with van der Waals surface area (Å²) in [6.07, 6.45) is -1.15. The van der Waals surface area contributed by atoms with E-state index in [1.807, 2.05) is 0 Å². The fraction of sp³-hybridized carbons (Fsp3) is 0.263. The van der Waals surface area contributed by atoms with E-state index in [1.54, 1.807) is 30.3 Å². The van der Waals surface area contributed by atoms with Crippen molar-refractivity contribution in [2.24, 2.45) is 0 Å². The Morgan fingerprint density at radius 2 is 1.85 bits per heavy atom. The van der Waals surface area contributed by atoms with Gasteiger partial charge in [0.2, 0.25) is 0 Å². The van der Waals surface area contributed by atoms with Crippen molar-refractivity contribution >= 4 is 17.6 Å². The van der Waals surface area contributed by atoms with Gasteiger partial charge in [0.25, 0.3) is 5.91 Å². The van der Waals surface area contributed by atoms with E-state index in [1.165, 1.54) is 32.2 Å². The van der Waals surface area contributed by atoms with Crippen LogP contribution in [0.4, 0.5) is 14.5 Å². The number of para-hydroxylation sites is 2. The highest BCUT2D eigenvalue weighted by Gasteiger charge is 2.21. The number of hydrogen-bond acceptors (Lipinski definition) is 5. The Morgan fingerprint density at radius 1 is 1.11 bits per heavy atom. The summed E-state index contributed by atoms with van der Waals surface area (Å²) in [4.78, 5) is 24.4. The molecule has 0 aromatic heterocycles. The van der Waals surface area contributed by atoms with Crippen LogP contribution in [0.1, 0.15) is 22.8 Å². The monoisotopic (exact) mass is 379 g/mol. The summed E-state index contributed by atoms with van der Waals surface area (Å²) in [5.41, 5.74) is 1.10. The summed E-state index contributed by atoms with van der Waals surface area (Å²) in [5, 5.41) is 2.41. The Hall–Kier alpha value is -3.00. The minimum atomic E-state index is -3.03. The maximum Gasteiger partial charge on any atom is 0.387 e. The highest BCUT2D eigenvalue weighted by molar-refractivity contribution is 5.98. The fourth-order valence-corrected chi connectivity index (χ4v) is 2.24. The van der Waals surface area contributed by atoms with Crippen LogP contribution in [0.15, 0.2) is 48.5 Å². The highest BCUT2D eigenvalue weighted by atomic mass is 19.3. The second kappa shape index (κ2) is 9.63. The topological polar surface area (TPSA) is 73.9 Å². The number of anilines is 1. The smallest absolute Gasteiger partial charge is 0.387 e. The molecule has 0 aliphatic heterocycles. The fourth-order valence-electron chi connectivity index (χ4n) is 2.24. The van der Waals surface area contributed by atoms with Crippen molar-refractivity contribution in [1.82, 2.24) is 0 Å². The predicted octanol–water partition coefficient (Wildman–Crippen LogP) is 3.62. The molecule has 1 N–H and O–H groups in total. The number of rotatable bonds is 8. The van der Waals surface area contributed by atoms with Crippen molar-refractivity contribution < 1.29 is 32.6 Å². The van der Waals surface area contributed by atoms with Crippen LogP contribution >= 0.6 is 0 Å². The number of esters is 1. The van der Waals surface area contributed by atoms with Gasteiger partial charge in [0, 0.05) is 7.11 Å². The summed E-state index contributed by atoms with van der Waals surface area (Å²) < 4.78 is 39.4. The zero-order valence-electron chi connectivity index (χ0n) is 14.8. The van der Waals surface area contributed by atoms with E-state index in [0.717, 1.165) is 5.56 Å². The second-order valence-corrected chi connectivity index (χ2v) is 5.54. The van der Waals surface area contributed by atoms with Crippen LogP contribution in [0.25, 0.3) is 0 Å². The van der Waals surface area contributed by atoms with E-state index in [2.05, 4.69) is 10.1 Å². The normalized spacial score (nSPS) is 11.7. The molecule has 1 unspecified atom stereocenters. The lowest BCUT2D eigenvalue weighted by Gasteiger charge is -2.16. The molecule has 0 aliphatic rings. The molecule has 144 valence electrons. The molecule has 1 amide bonds. The molecule has 0 heterocycles. The van der Waals surface area contributed by atoms with Crippen molar-refractivity contribution in [2.45, 2.75) is 26.2 Å². The van der Waals surface area contributed by atoms with Crippen molar-refractivity contribution in [3.8, 4) is 5.75 Å². The molecule has 0 bridgehead atoms. The number of carbonyl (C=O) groups is 2. The Morgan fingerprint density at radius 3 is 2.56 bits per heavy atom. The van der Waals surface area contributed by atoms with E-state index >= 15 is 0 Å². The first-order chi connectivity index (χ1) is 12.9. The van der Waals surface area contributed by atoms with Crippen LogP contribution in [0.2, 0.25) is 0 Å². The Labute approximate surface area is 155 Å². The Bertz CT molecular complexity index is 797. The number of nitrogens with one attached hydrogen (secondary N) is 1. The van der Waals surface area contributed by atoms with Crippen LogP contribution in [-0.2, 0) is 20.9 Å². The quantitative estimate of drug-likeness (QED) is 0.709. The van der Waals surface area contributed by atoms with E-state index < -0.39 is 24.6 Å². The lowest BCUT2D eigenvalue weighted by molar-refractivity contribution is -0.123. The maximum atomic E-state index is 12.4. The lowest BCUT2D eigenvalue weighted by atomic mass is 10.1. The molecule has 2 aromatic carbocycles. The van der Waals surface area contributed by atoms with Crippen LogP contribution in [0.3, 0.4) is 0 Å². The lowest BCUT2D eigenvalue weighted by Crippen LogP contribution is -2.30. The summed E-state index contributed by atoms with van der Waals surface area (Å²) in [6, 6.07) is 12.3. The molecule has 0 saturated heterocycles. The number of halogens is 2. The van der Waals surface area contributed by atoms with E-state index in [0.29, 0.717) is 6.61 Å². The average Bonchev–Trinajstić information content (AvgIpc) is 2.63. The van der Waals surface area contributed by atoms with Gasteiger partial charge in [-0.3, -0.25) is 4.79 Å². The van der Waals surface area contributed by atoms with Gasteiger partial charge < -0.3 is 19.5 Å². The molecule has 27 heavy (non-hydrogen) atoms. The molecule has 6 nitrogen and oxygen atoms in total. The molecule has 2 rings (SSSR count). The van der Waals surface area contributed by atoms with Gasteiger partial charge in [0.1, 0.15) is 5.75 Å². The van der Waals surface area contributed by atoms with Gasteiger partial charge in [-0.2, -0.15) is 8.78 Å². The minimum absolute atomic E-state index is 0.0489. The molecular formula is C19H19F2NO5. The largest absolute Gasteiger partial charge is 0.449 e. The summed E-state index contributed by atoms with van der Waals surface area (Å²) in [6.45, 7) is -1.32. The van der Waals surface area contributed by atoms with Gasteiger partial charge in [0.15, 0.2) is 6.10 Å². The summed E-state index contributed by atoms with van der Waals surface area (Å²) in [5.74, 6) is -1.55. The first-order valence-corrected chi connectivity index (χ1v) is 8.04. The van der Waals surface area contributed by atoms with Crippen LogP contribution < -0.4 is 10.1 Å². The van der Waals surface area contributed by atoms with Crippen LogP contribution in [0, 0.1) is 0 Å². The predicted molar refractivity (Wildman–Crippen MR) is 93.7 cm³/mol. The SMILES string of the molecule is COCc1cccc(C(=O)OC(C)C(=O)Nc2ccccc2OC(F)F)c1. The maximum absolute atomic E-state index is 12.4. The van der Waals surface area contributed by atoms with Gasteiger partial charge in [-0.15, -0.1) is 0 Å². The molecule has 0 aliphatic carbocycles. The molecule has 0 saturated carbocycles. The number of hydrogen-bond donors (Lipinski definition) is 1. The number of alkyl halides is 2. The van der Waals surface area contributed by atoms with Crippen molar-refractivity contribution in [1.29, 1.82) is 0 Å². The van der Waals surface area contributed by atoms with Crippen molar-refractivity contribution in [3.63, 3.8) is 0 Å². The molecule has 2 aromatic rings. The van der Waals surface area contributed by atoms with E-state index in [9.17, 15) is 18.4 Å². The standard InChI is InChI=1S/C19H19F2NO5/c1-12(26-18(24)14-7-5-6-13(10-14)11-25-2)17(23)22-15-8-3-4-9-16(15)27-19(20)21/h3-10,12,19H,11H2,1-2H3,(H,22,23). The van der Waals surface area contributed by atoms with Crippen molar-refractivity contribution in [2.75, 3.05) is 12.4 Å². The van der Waals surface area contributed by atoms with E-state index in [4.69, 9.17) is 9.47 Å². The average molecular weight is 379 g/mol. The third-order valence-corrected chi connectivity index (χ3v) is 3.49. The molecule has 0 fully saturated rings. The Kier molecular flexibility index (Phi) is 7.25. The number of ether oxygens (including phenoxy) is 3. The molecule has 8 heteroatoms. The first-order valence-electron chi connectivity index (χ1n) is 8.04. The van der Waals surface area contributed by atoms with Gasteiger partial charge in [-0.05, 0) is 36.8 Å². The van der Waals surface area contributed by atoms with Gasteiger partial charge >= 0.3 is 12.6 Å². The van der Waals surface area contributed by atoms with Crippen molar-refractivity contribution in [3.05, 3.63) is 59.7 Å². The second-order valence-electron chi connectivity index (χ2n) is 5.54. The number of methoxy groups -OCH3 is 1. The Balaban J connectivity index is 2.01. The summed E-state index contributed by atoms with van der Waals surface area (Å²) in [7, 11) is 1.53. The number of amides is 1. The first kappa shape index (κ1) is 20.3. The molecule has 0 radical (unpaired) electrons. The third-order valence-electron chi connectivity index (χ3n) is 3.49. The number of benzene rings is 2. The molecule has 0 spiro atoms. The third kappa shape index (κ3) is 6.03. The highest BCUT2D eigenvalue weighted by Crippen LogP contribution is 2.25. The van der Waals surface area contributed by atoms with Crippen LogP contribution in [0.5, 0.6) is 5.75 Å². The van der Waals surface area contributed by atoms with Gasteiger partial charge in [-0.25, -0.2) is 4.79 Å². The molecule has 1 atom stereocenters. The zero-order valence-corrected chi connectivity index (χ0v) is 14.8. The minimum Gasteiger partial charge on any atom is -0.449 e. The molecular weight excluding hydrogens is 360 g/mol. The van der Waals surface area contributed by atoms with E-state index in [-0.39, 0.29) is 17.0 Å². The van der Waals surface area contributed by atoms with Crippen LogP contribution in [-0.4, -0.2) is 31.7 Å². The summed E-state index contributed by atoms with van der Waals surface area (Å²) >= 11 is 0. The van der Waals surface area contributed by atoms with Gasteiger partial charge in [0.05, 0.1) is 17.9 Å². The number of carbonyl (C=O) groups excluding carboxylic acids is 2.